The van der Waals surface area contributed by atoms with E-state index in [1.54, 1.807) is 11.3 Å². The Morgan fingerprint density at radius 1 is 1.41 bits per heavy atom. The minimum atomic E-state index is 0.144. The second kappa shape index (κ2) is 4.72. The van der Waals surface area contributed by atoms with Gasteiger partial charge in [-0.2, -0.15) is 0 Å². The van der Waals surface area contributed by atoms with E-state index in [9.17, 15) is 0 Å². The van der Waals surface area contributed by atoms with Crippen LogP contribution >= 0.6 is 11.3 Å². The number of benzene rings is 1. The van der Waals surface area contributed by atoms with Gasteiger partial charge in [-0.25, -0.2) is 0 Å². The quantitative estimate of drug-likeness (QED) is 0.625. The zero-order valence-electron chi connectivity index (χ0n) is 10.0. The lowest BCUT2D eigenvalue weighted by atomic mass is 10.1. The van der Waals surface area contributed by atoms with Crippen molar-refractivity contribution in [2.45, 2.75) is 13.8 Å². The molecule has 0 saturated heterocycles. The summed E-state index contributed by atoms with van der Waals surface area (Å²) in [4.78, 5) is 0.838. The highest BCUT2D eigenvalue weighted by molar-refractivity contribution is 7.20. The first kappa shape index (κ1) is 11.9. The van der Waals surface area contributed by atoms with Gasteiger partial charge in [0.25, 0.3) is 0 Å². The summed E-state index contributed by atoms with van der Waals surface area (Å²) in [5.41, 5.74) is 6.72. The number of hydrogen-bond acceptors (Lipinski definition) is 2. The third kappa shape index (κ3) is 2.56. The fraction of sp³-hybridized carbons (Fsp3) is 0.214. The van der Waals surface area contributed by atoms with Crippen LogP contribution in [0.25, 0.3) is 16.2 Å². The summed E-state index contributed by atoms with van der Waals surface area (Å²) in [5, 5.41) is 8.66. The van der Waals surface area contributed by atoms with Crippen molar-refractivity contribution in [3.63, 3.8) is 0 Å². The lowest BCUT2D eigenvalue weighted by Gasteiger charge is -1.97. The van der Waals surface area contributed by atoms with E-state index in [1.165, 1.54) is 15.6 Å². The lowest BCUT2D eigenvalue weighted by molar-refractivity contribution is 0.836. The Balaban J connectivity index is 2.53. The molecule has 0 fully saturated rings. The van der Waals surface area contributed by atoms with Crippen LogP contribution in [-0.4, -0.2) is 5.84 Å². The number of nitrogens with one attached hydrogen (secondary N) is 1. The summed E-state index contributed by atoms with van der Waals surface area (Å²) in [6.45, 7) is 4.32. The van der Waals surface area contributed by atoms with Crippen LogP contribution in [0.3, 0.4) is 0 Å². The third-order valence-corrected chi connectivity index (χ3v) is 3.65. The van der Waals surface area contributed by atoms with Crippen LogP contribution in [0, 0.1) is 11.3 Å². The van der Waals surface area contributed by atoms with Crippen LogP contribution in [-0.2, 0) is 0 Å². The van der Waals surface area contributed by atoms with Crippen LogP contribution in [0.2, 0.25) is 0 Å². The zero-order chi connectivity index (χ0) is 12.4. The summed E-state index contributed by atoms with van der Waals surface area (Å²) in [5.74, 6) is 0.682. The highest BCUT2D eigenvalue weighted by atomic mass is 32.1. The standard InChI is InChI=1S/C14H16N2S/c1-9(2)6-7-10-4-3-5-12-11(10)8-13(17-12)14(15)16/h3-9H,1-2H3,(H3,15,16)/b7-6+. The number of hydrogen-bond donors (Lipinski definition) is 2. The highest BCUT2D eigenvalue weighted by Crippen LogP contribution is 2.29. The van der Waals surface area contributed by atoms with Crippen molar-refractivity contribution in [1.29, 1.82) is 5.41 Å². The van der Waals surface area contributed by atoms with Gasteiger partial charge >= 0.3 is 0 Å². The highest BCUT2D eigenvalue weighted by Gasteiger charge is 2.06. The molecule has 17 heavy (non-hydrogen) atoms. The molecule has 1 heterocycles. The minimum absolute atomic E-state index is 0.144. The van der Waals surface area contributed by atoms with E-state index < -0.39 is 0 Å². The van der Waals surface area contributed by atoms with Gasteiger partial charge in [-0.1, -0.05) is 38.1 Å². The van der Waals surface area contributed by atoms with Gasteiger partial charge in [0.2, 0.25) is 0 Å². The third-order valence-electron chi connectivity index (χ3n) is 2.52. The van der Waals surface area contributed by atoms with Crippen molar-refractivity contribution >= 4 is 33.3 Å². The van der Waals surface area contributed by atoms with E-state index >= 15 is 0 Å². The van der Waals surface area contributed by atoms with E-state index in [4.69, 9.17) is 11.1 Å². The first-order valence-electron chi connectivity index (χ1n) is 5.63. The van der Waals surface area contributed by atoms with Crippen LogP contribution in [0.1, 0.15) is 24.3 Å². The second-order valence-corrected chi connectivity index (χ2v) is 5.47. The normalized spacial score (nSPS) is 11.7. The molecule has 3 N–H and O–H groups in total. The van der Waals surface area contributed by atoms with Crippen LogP contribution in [0.5, 0.6) is 0 Å². The van der Waals surface area contributed by atoms with Gasteiger partial charge in [-0.3, -0.25) is 5.41 Å². The molecular weight excluding hydrogens is 228 g/mol. The Bertz CT molecular complexity index is 579. The molecule has 0 aliphatic heterocycles. The maximum Gasteiger partial charge on any atom is 0.133 e. The van der Waals surface area contributed by atoms with E-state index in [0.717, 1.165) is 4.88 Å². The molecule has 0 aliphatic rings. The van der Waals surface area contributed by atoms with Crippen LogP contribution in [0.4, 0.5) is 0 Å². The first-order chi connectivity index (χ1) is 8.08. The summed E-state index contributed by atoms with van der Waals surface area (Å²) >= 11 is 1.57. The van der Waals surface area contributed by atoms with Crippen molar-refractivity contribution in [3.8, 4) is 0 Å². The van der Waals surface area contributed by atoms with E-state index in [1.807, 2.05) is 12.1 Å². The predicted octanol–water partition coefficient (Wildman–Crippen LogP) is 3.85. The fourth-order valence-corrected chi connectivity index (χ4v) is 2.61. The molecule has 0 atom stereocenters. The van der Waals surface area contributed by atoms with Gasteiger partial charge in [0, 0.05) is 10.1 Å². The summed E-state index contributed by atoms with van der Waals surface area (Å²) in [6, 6.07) is 8.21. The van der Waals surface area contributed by atoms with Gasteiger partial charge in [-0.15, -0.1) is 11.3 Å². The molecule has 2 rings (SSSR count). The molecule has 0 amide bonds. The molecule has 0 saturated carbocycles. The maximum atomic E-state index is 7.48. The molecule has 0 unspecified atom stereocenters. The molecule has 0 aliphatic carbocycles. The number of thiophene rings is 1. The fourth-order valence-electron chi connectivity index (χ4n) is 1.66. The molecule has 0 radical (unpaired) electrons. The van der Waals surface area contributed by atoms with E-state index in [-0.39, 0.29) is 5.84 Å². The van der Waals surface area contributed by atoms with Crippen molar-refractivity contribution in [2.75, 3.05) is 0 Å². The van der Waals surface area contributed by atoms with E-state index in [0.29, 0.717) is 5.92 Å². The number of rotatable bonds is 3. The number of nitrogen functional groups attached to an aromatic ring is 1. The van der Waals surface area contributed by atoms with Crippen molar-refractivity contribution in [1.82, 2.24) is 0 Å². The molecule has 0 spiro atoms. The predicted molar refractivity (Wildman–Crippen MR) is 76.7 cm³/mol. The maximum absolute atomic E-state index is 7.48. The van der Waals surface area contributed by atoms with Gasteiger partial charge in [0.15, 0.2) is 0 Å². The van der Waals surface area contributed by atoms with Gasteiger partial charge < -0.3 is 5.73 Å². The number of amidine groups is 1. The molecule has 88 valence electrons. The topological polar surface area (TPSA) is 49.9 Å². The Morgan fingerprint density at radius 3 is 2.82 bits per heavy atom. The molecule has 2 nitrogen and oxygen atoms in total. The van der Waals surface area contributed by atoms with Crippen molar-refractivity contribution in [2.24, 2.45) is 11.7 Å². The summed E-state index contributed by atoms with van der Waals surface area (Å²) in [6.07, 6.45) is 4.32. The number of fused-ring (bicyclic) bond motifs is 1. The molecule has 2 aromatic rings. The monoisotopic (exact) mass is 244 g/mol. The largest absolute Gasteiger partial charge is 0.383 e. The summed E-state index contributed by atoms with van der Waals surface area (Å²) in [7, 11) is 0. The first-order valence-corrected chi connectivity index (χ1v) is 6.44. The van der Waals surface area contributed by atoms with Crippen LogP contribution < -0.4 is 5.73 Å². The Hall–Kier alpha value is -1.61. The van der Waals surface area contributed by atoms with Crippen molar-refractivity contribution in [3.05, 3.63) is 40.8 Å². The number of nitrogens with two attached hydrogens (primary N) is 1. The number of allylic oxidation sites excluding steroid dienone is 1. The molecule has 0 bridgehead atoms. The lowest BCUT2D eigenvalue weighted by Crippen LogP contribution is -2.08. The minimum Gasteiger partial charge on any atom is -0.383 e. The zero-order valence-corrected chi connectivity index (χ0v) is 10.8. The van der Waals surface area contributed by atoms with Crippen LogP contribution in [0.15, 0.2) is 30.3 Å². The smallest absolute Gasteiger partial charge is 0.133 e. The Labute approximate surface area is 105 Å². The molecule has 1 aromatic heterocycles. The van der Waals surface area contributed by atoms with Gasteiger partial charge in [0.05, 0.1) is 4.88 Å². The van der Waals surface area contributed by atoms with Gasteiger partial charge in [0.1, 0.15) is 5.84 Å². The second-order valence-electron chi connectivity index (χ2n) is 4.39. The average Bonchev–Trinajstić information content (AvgIpc) is 2.70. The molecule has 1 aromatic carbocycles. The Kier molecular flexibility index (Phi) is 3.29. The molecular formula is C14H16N2S. The van der Waals surface area contributed by atoms with E-state index in [2.05, 4.69) is 38.1 Å². The molecule has 3 heteroatoms. The summed E-state index contributed by atoms with van der Waals surface area (Å²) < 4.78 is 1.18. The van der Waals surface area contributed by atoms with Crippen molar-refractivity contribution < 1.29 is 0 Å². The SMILES string of the molecule is CC(C)/C=C/c1cccc2sc(C(=N)N)cc12. The van der Waals surface area contributed by atoms with Gasteiger partial charge in [-0.05, 0) is 23.6 Å². The Morgan fingerprint density at radius 2 is 2.18 bits per heavy atom. The average molecular weight is 244 g/mol.